The zero-order chi connectivity index (χ0) is 13.8. The average molecular weight is 279 g/mol. The average Bonchev–Trinajstić information content (AvgIpc) is 2.36. The van der Waals surface area contributed by atoms with E-state index in [1.54, 1.807) is 18.2 Å². The van der Waals surface area contributed by atoms with E-state index in [0.717, 1.165) is 5.56 Å². The van der Waals surface area contributed by atoms with Gasteiger partial charge in [0.15, 0.2) is 0 Å². The number of aromatic nitrogens is 1. The minimum absolute atomic E-state index is 0.00838. The predicted molar refractivity (Wildman–Crippen MR) is 71.6 cm³/mol. The van der Waals surface area contributed by atoms with Crippen molar-refractivity contribution in [2.24, 2.45) is 0 Å². The van der Waals surface area contributed by atoms with E-state index in [1.807, 2.05) is 0 Å². The molecule has 0 radical (unpaired) electrons. The van der Waals surface area contributed by atoms with Crippen LogP contribution >= 0.6 is 11.6 Å². The minimum atomic E-state index is -1.06. The lowest BCUT2D eigenvalue weighted by Gasteiger charge is -2.07. The molecule has 0 saturated heterocycles. The van der Waals surface area contributed by atoms with Crippen LogP contribution in [0.15, 0.2) is 36.5 Å². The van der Waals surface area contributed by atoms with Crippen LogP contribution in [0, 0.1) is 0 Å². The van der Waals surface area contributed by atoms with Crippen molar-refractivity contribution in [3.63, 3.8) is 0 Å². The van der Waals surface area contributed by atoms with Crippen LogP contribution in [0.25, 0.3) is 0 Å². The maximum Gasteiger partial charge on any atom is 0.354 e. The Hall–Kier alpha value is -2.27. The van der Waals surface area contributed by atoms with Gasteiger partial charge in [0.05, 0.1) is 11.9 Å². The molecule has 6 heteroatoms. The first-order valence-electron chi connectivity index (χ1n) is 5.46. The first kappa shape index (κ1) is 13.2. The van der Waals surface area contributed by atoms with Gasteiger partial charge < -0.3 is 15.5 Å². The van der Waals surface area contributed by atoms with Crippen molar-refractivity contribution >= 4 is 23.3 Å². The van der Waals surface area contributed by atoms with Gasteiger partial charge in [-0.15, -0.1) is 0 Å². The fourth-order valence-electron chi connectivity index (χ4n) is 1.56. The fraction of sp³-hybridized carbons (Fsp3) is 0.0769. The smallest absolute Gasteiger partial charge is 0.354 e. The number of phenols is 1. The van der Waals surface area contributed by atoms with Gasteiger partial charge in [-0.25, -0.2) is 9.78 Å². The molecule has 19 heavy (non-hydrogen) atoms. The number of carboxylic acid groups (broad SMARTS) is 1. The summed E-state index contributed by atoms with van der Waals surface area (Å²) in [6, 6.07) is 7.82. The molecule has 0 aliphatic heterocycles. The van der Waals surface area contributed by atoms with Crippen LogP contribution < -0.4 is 5.32 Å². The molecule has 3 N–H and O–H groups in total. The molecule has 1 aromatic carbocycles. The van der Waals surface area contributed by atoms with Gasteiger partial charge >= 0.3 is 5.97 Å². The normalized spacial score (nSPS) is 10.2. The largest absolute Gasteiger partial charge is 0.508 e. The van der Waals surface area contributed by atoms with Gasteiger partial charge in [0.25, 0.3) is 0 Å². The van der Waals surface area contributed by atoms with Crippen molar-refractivity contribution in [3.05, 3.63) is 52.8 Å². The number of benzene rings is 1. The zero-order valence-electron chi connectivity index (χ0n) is 9.80. The van der Waals surface area contributed by atoms with Gasteiger partial charge in [0.1, 0.15) is 11.4 Å². The number of halogens is 1. The lowest BCUT2D eigenvalue weighted by molar-refractivity contribution is 0.0690. The Morgan fingerprint density at radius 3 is 2.68 bits per heavy atom. The van der Waals surface area contributed by atoms with Gasteiger partial charge in [-0.2, -0.15) is 0 Å². The van der Waals surface area contributed by atoms with Crippen molar-refractivity contribution in [3.8, 4) is 5.75 Å². The summed E-state index contributed by atoms with van der Waals surface area (Å²) in [5, 5.41) is 21.6. The molecule has 0 aliphatic carbocycles. The summed E-state index contributed by atoms with van der Waals surface area (Å²) in [6.07, 6.45) is 1.44. The van der Waals surface area contributed by atoms with Crippen molar-refractivity contribution in [2.75, 3.05) is 5.32 Å². The zero-order valence-corrected chi connectivity index (χ0v) is 10.6. The van der Waals surface area contributed by atoms with E-state index in [2.05, 4.69) is 10.3 Å². The maximum absolute atomic E-state index is 10.6. The quantitative estimate of drug-likeness (QED) is 0.801. The van der Waals surface area contributed by atoms with E-state index in [0.29, 0.717) is 17.3 Å². The molecule has 1 heterocycles. The first-order valence-corrected chi connectivity index (χ1v) is 5.84. The summed E-state index contributed by atoms with van der Waals surface area (Å²) in [5.74, 6) is -0.963. The highest BCUT2D eigenvalue weighted by Crippen LogP contribution is 2.20. The van der Waals surface area contributed by atoms with Crippen LogP contribution in [0.1, 0.15) is 16.1 Å². The molecule has 0 aliphatic rings. The van der Waals surface area contributed by atoms with Gasteiger partial charge in [0.2, 0.25) is 0 Å². The van der Waals surface area contributed by atoms with Crippen molar-refractivity contribution in [1.29, 1.82) is 0 Å². The van der Waals surface area contributed by atoms with Crippen LogP contribution in [0.5, 0.6) is 5.75 Å². The van der Waals surface area contributed by atoms with Gasteiger partial charge in [-0.05, 0) is 35.9 Å². The topological polar surface area (TPSA) is 82.5 Å². The molecule has 5 nitrogen and oxygen atoms in total. The number of aromatic hydroxyl groups is 1. The number of pyridine rings is 1. The Labute approximate surface area is 114 Å². The molecule has 0 unspecified atom stereocenters. The monoisotopic (exact) mass is 278 g/mol. The lowest BCUT2D eigenvalue weighted by Crippen LogP contribution is -2.03. The maximum atomic E-state index is 10.6. The van der Waals surface area contributed by atoms with Gasteiger partial charge in [0, 0.05) is 11.6 Å². The van der Waals surface area contributed by atoms with E-state index in [-0.39, 0.29) is 11.4 Å². The standard InChI is InChI=1S/C13H11ClN2O3/c14-9-3-8(4-11(17)5-9)6-15-10-1-2-12(13(18)19)16-7-10/h1-5,7,15,17H,6H2,(H,18,19). The highest BCUT2D eigenvalue weighted by atomic mass is 35.5. The van der Waals surface area contributed by atoms with Crippen LogP contribution in [-0.4, -0.2) is 21.2 Å². The number of aromatic carboxylic acids is 1. The second-order valence-corrected chi connectivity index (χ2v) is 4.34. The van der Waals surface area contributed by atoms with Gasteiger partial charge in [-0.3, -0.25) is 0 Å². The molecule has 0 bridgehead atoms. The van der Waals surface area contributed by atoms with Crippen LogP contribution in [0.3, 0.4) is 0 Å². The summed E-state index contributed by atoms with van der Waals surface area (Å²) < 4.78 is 0. The number of nitrogens with zero attached hydrogens (tertiary/aromatic N) is 1. The van der Waals surface area contributed by atoms with E-state index >= 15 is 0 Å². The van der Waals surface area contributed by atoms with Gasteiger partial charge in [-0.1, -0.05) is 11.6 Å². The van der Waals surface area contributed by atoms with E-state index in [9.17, 15) is 9.90 Å². The van der Waals surface area contributed by atoms with Crippen LogP contribution in [0.4, 0.5) is 5.69 Å². The Balaban J connectivity index is 2.03. The number of carboxylic acids is 1. The van der Waals surface area contributed by atoms with Crippen LogP contribution in [-0.2, 0) is 6.54 Å². The molecule has 0 atom stereocenters. The SMILES string of the molecule is O=C(O)c1ccc(NCc2cc(O)cc(Cl)c2)cn1. The summed E-state index contributed by atoms with van der Waals surface area (Å²) in [5.41, 5.74) is 1.49. The number of hydrogen-bond acceptors (Lipinski definition) is 4. The van der Waals surface area contributed by atoms with E-state index < -0.39 is 5.97 Å². The molecule has 1 aromatic heterocycles. The molecule has 0 spiro atoms. The summed E-state index contributed by atoms with van der Waals surface area (Å²) in [6.45, 7) is 0.447. The summed E-state index contributed by atoms with van der Waals surface area (Å²) >= 11 is 5.82. The second kappa shape index (κ2) is 5.58. The third kappa shape index (κ3) is 3.59. The Kier molecular flexibility index (Phi) is 3.87. The Morgan fingerprint density at radius 2 is 2.11 bits per heavy atom. The summed E-state index contributed by atoms with van der Waals surface area (Å²) in [4.78, 5) is 14.4. The Morgan fingerprint density at radius 1 is 1.32 bits per heavy atom. The molecule has 2 aromatic rings. The number of rotatable bonds is 4. The summed E-state index contributed by atoms with van der Waals surface area (Å²) in [7, 11) is 0. The van der Waals surface area contributed by atoms with E-state index in [4.69, 9.17) is 16.7 Å². The number of hydrogen-bond donors (Lipinski definition) is 3. The highest BCUT2D eigenvalue weighted by molar-refractivity contribution is 6.30. The Bertz CT molecular complexity index is 579. The second-order valence-electron chi connectivity index (χ2n) is 3.91. The lowest BCUT2D eigenvalue weighted by atomic mass is 10.2. The molecule has 0 amide bonds. The molecule has 2 rings (SSSR count). The first-order chi connectivity index (χ1) is 9.04. The molecule has 98 valence electrons. The van der Waals surface area contributed by atoms with Crippen molar-refractivity contribution in [1.82, 2.24) is 4.98 Å². The molecular formula is C13H11ClN2O3. The predicted octanol–water partition coefficient (Wildman–Crippen LogP) is 2.75. The number of carbonyl (C=O) groups is 1. The molecule has 0 fully saturated rings. The number of anilines is 1. The number of nitrogens with one attached hydrogen (secondary N) is 1. The fourth-order valence-corrected chi connectivity index (χ4v) is 1.82. The van der Waals surface area contributed by atoms with E-state index in [1.165, 1.54) is 18.3 Å². The van der Waals surface area contributed by atoms with Crippen molar-refractivity contribution in [2.45, 2.75) is 6.54 Å². The number of phenolic OH excluding ortho intramolecular Hbond substituents is 1. The van der Waals surface area contributed by atoms with Crippen LogP contribution in [0.2, 0.25) is 5.02 Å². The highest BCUT2D eigenvalue weighted by Gasteiger charge is 2.04. The molecule has 0 saturated carbocycles. The molecular weight excluding hydrogens is 268 g/mol. The third-order valence-electron chi connectivity index (χ3n) is 2.42. The minimum Gasteiger partial charge on any atom is -0.508 e. The third-order valence-corrected chi connectivity index (χ3v) is 2.64. The van der Waals surface area contributed by atoms with Crippen molar-refractivity contribution < 1.29 is 15.0 Å².